The van der Waals surface area contributed by atoms with Gasteiger partial charge in [-0.05, 0) is 48.2 Å². The van der Waals surface area contributed by atoms with Crippen molar-refractivity contribution in [1.29, 1.82) is 0 Å². The van der Waals surface area contributed by atoms with Gasteiger partial charge in [0.05, 0.1) is 0 Å². The van der Waals surface area contributed by atoms with Crippen molar-refractivity contribution >= 4 is 11.8 Å². The van der Waals surface area contributed by atoms with Crippen molar-refractivity contribution in [3.8, 4) is 0 Å². The lowest BCUT2D eigenvalue weighted by Gasteiger charge is -2.38. The summed E-state index contributed by atoms with van der Waals surface area (Å²) in [4.78, 5) is 26.2. The van der Waals surface area contributed by atoms with E-state index >= 15 is 0 Å². The molecule has 2 N–H and O–H groups in total. The van der Waals surface area contributed by atoms with Crippen molar-refractivity contribution in [3.05, 3.63) is 107 Å². The minimum atomic E-state index is -0.750. The summed E-state index contributed by atoms with van der Waals surface area (Å²) < 4.78 is 19.5. The van der Waals surface area contributed by atoms with Crippen molar-refractivity contribution < 1.29 is 18.7 Å². The van der Waals surface area contributed by atoms with Gasteiger partial charge in [0, 0.05) is 37.2 Å². The first kappa shape index (κ1) is 23.6. The van der Waals surface area contributed by atoms with Crippen LogP contribution in [0.3, 0.4) is 0 Å². The number of halogens is 1. The third-order valence-corrected chi connectivity index (χ3v) is 6.43. The molecule has 6 heteroatoms. The Balaban J connectivity index is 1.52. The van der Waals surface area contributed by atoms with Crippen LogP contribution in [0.5, 0.6) is 0 Å². The number of carbonyl (C=O) groups excluding carboxylic acids is 2. The Morgan fingerprint density at radius 2 is 1.59 bits per heavy atom. The first-order chi connectivity index (χ1) is 16.6. The fourth-order valence-corrected chi connectivity index (χ4v) is 4.42. The third-order valence-electron chi connectivity index (χ3n) is 6.43. The van der Waals surface area contributed by atoms with E-state index in [1.54, 1.807) is 30.3 Å². The highest BCUT2D eigenvalue weighted by atomic mass is 19.1. The van der Waals surface area contributed by atoms with Gasteiger partial charge in [-0.15, -0.1) is 0 Å². The van der Waals surface area contributed by atoms with E-state index in [-0.39, 0.29) is 17.6 Å². The van der Waals surface area contributed by atoms with Gasteiger partial charge in [0.1, 0.15) is 11.9 Å². The molecule has 0 aliphatic carbocycles. The van der Waals surface area contributed by atoms with Gasteiger partial charge < -0.3 is 15.4 Å². The average Bonchev–Trinajstić information content (AvgIpc) is 2.88. The maximum absolute atomic E-state index is 14.0. The molecule has 2 amide bonds. The summed E-state index contributed by atoms with van der Waals surface area (Å²) in [6, 6.07) is 24.2. The van der Waals surface area contributed by atoms with Crippen molar-refractivity contribution in [1.82, 2.24) is 10.6 Å². The van der Waals surface area contributed by atoms with Crippen molar-refractivity contribution in [2.24, 2.45) is 0 Å². The summed E-state index contributed by atoms with van der Waals surface area (Å²) in [7, 11) is 0. The Kier molecular flexibility index (Phi) is 7.70. The summed E-state index contributed by atoms with van der Waals surface area (Å²) >= 11 is 0. The second-order valence-electron chi connectivity index (χ2n) is 8.70. The van der Waals surface area contributed by atoms with E-state index in [1.807, 2.05) is 42.5 Å². The predicted octanol–water partition coefficient (Wildman–Crippen LogP) is 4.03. The van der Waals surface area contributed by atoms with E-state index in [4.69, 9.17) is 4.74 Å². The van der Waals surface area contributed by atoms with E-state index < -0.39 is 11.5 Å². The lowest BCUT2D eigenvalue weighted by atomic mass is 9.74. The van der Waals surface area contributed by atoms with Crippen LogP contribution < -0.4 is 10.6 Å². The highest BCUT2D eigenvalue weighted by Gasteiger charge is 2.36. The van der Waals surface area contributed by atoms with Crippen LogP contribution in [0.15, 0.2) is 84.9 Å². The quantitative estimate of drug-likeness (QED) is 0.533. The Hall–Kier alpha value is -3.51. The second kappa shape index (κ2) is 11.1. The van der Waals surface area contributed by atoms with Crippen LogP contribution in [0.2, 0.25) is 0 Å². The smallest absolute Gasteiger partial charge is 0.251 e. The maximum atomic E-state index is 14.0. The van der Waals surface area contributed by atoms with E-state index in [2.05, 4.69) is 10.6 Å². The Bertz CT molecular complexity index is 1100. The number of amides is 2. The van der Waals surface area contributed by atoms with Crippen LogP contribution in [0.25, 0.3) is 0 Å². The van der Waals surface area contributed by atoms with E-state index in [0.29, 0.717) is 44.6 Å². The molecule has 1 aliphatic heterocycles. The molecule has 34 heavy (non-hydrogen) atoms. The topological polar surface area (TPSA) is 67.4 Å². The molecular weight excluding hydrogens is 431 g/mol. The molecule has 0 unspecified atom stereocenters. The molecule has 0 bridgehead atoms. The molecule has 1 saturated heterocycles. The summed E-state index contributed by atoms with van der Waals surface area (Å²) in [5.74, 6) is -0.871. The number of ether oxygens (including phenoxy) is 1. The maximum Gasteiger partial charge on any atom is 0.251 e. The number of benzene rings is 3. The summed E-state index contributed by atoms with van der Waals surface area (Å²) in [6.07, 6.45) is 1.72. The Morgan fingerprint density at radius 1 is 0.912 bits per heavy atom. The zero-order chi connectivity index (χ0) is 23.8. The van der Waals surface area contributed by atoms with Crippen LogP contribution in [-0.2, 0) is 21.4 Å². The summed E-state index contributed by atoms with van der Waals surface area (Å²) in [5.41, 5.74) is 1.87. The van der Waals surface area contributed by atoms with Gasteiger partial charge >= 0.3 is 0 Å². The highest BCUT2D eigenvalue weighted by Crippen LogP contribution is 2.34. The van der Waals surface area contributed by atoms with Crippen LogP contribution in [-0.4, -0.2) is 37.6 Å². The second-order valence-corrected chi connectivity index (χ2v) is 8.70. The molecule has 3 aromatic rings. The van der Waals surface area contributed by atoms with Gasteiger partial charge in [-0.25, -0.2) is 4.39 Å². The number of carbonyl (C=O) groups is 2. The average molecular weight is 461 g/mol. The molecule has 0 spiro atoms. The predicted molar refractivity (Wildman–Crippen MR) is 129 cm³/mol. The monoisotopic (exact) mass is 460 g/mol. The van der Waals surface area contributed by atoms with Gasteiger partial charge in [-0.2, -0.15) is 0 Å². The lowest BCUT2D eigenvalue weighted by molar-refractivity contribution is -0.123. The van der Waals surface area contributed by atoms with Gasteiger partial charge in [0.15, 0.2) is 0 Å². The number of nitrogens with one attached hydrogen (secondary N) is 2. The van der Waals surface area contributed by atoms with Gasteiger partial charge in [0.2, 0.25) is 5.91 Å². The molecule has 5 nitrogen and oxygen atoms in total. The minimum absolute atomic E-state index is 0.268. The van der Waals surface area contributed by atoms with Crippen molar-refractivity contribution in [2.45, 2.75) is 30.7 Å². The molecule has 1 atom stereocenters. The number of hydrogen-bond acceptors (Lipinski definition) is 3. The zero-order valence-corrected chi connectivity index (χ0v) is 19.0. The first-order valence-electron chi connectivity index (χ1n) is 11.6. The molecule has 3 aromatic carbocycles. The van der Waals surface area contributed by atoms with Gasteiger partial charge in [-0.1, -0.05) is 60.7 Å². The standard InChI is InChI=1S/C28H29FN2O3/c29-24-13-7-12-23(19-24)28(14-16-34-17-15-28)20-30-27(33)25(18-21-8-3-1-4-9-21)31-26(32)22-10-5-2-6-11-22/h1-13,19,25H,14-18,20H2,(H,30,33)(H,31,32)/t25-/m0/s1. The van der Waals surface area contributed by atoms with Crippen LogP contribution in [0.1, 0.15) is 34.3 Å². The van der Waals surface area contributed by atoms with E-state index in [9.17, 15) is 14.0 Å². The lowest BCUT2D eigenvalue weighted by Crippen LogP contribution is -2.52. The Morgan fingerprint density at radius 3 is 2.26 bits per heavy atom. The van der Waals surface area contributed by atoms with Crippen LogP contribution in [0.4, 0.5) is 4.39 Å². The number of rotatable bonds is 8. The highest BCUT2D eigenvalue weighted by molar-refractivity contribution is 5.97. The molecule has 0 radical (unpaired) electrons. The molecule has 1 aliphatic rings. The van der Waals surface area contributed by atoms with Gasteiger partial charge in [0.25, 0.3) is 5.91 Å². The summed E-state index contributed by atoms with van der Waals surface area (Å²) in [6.45, 7) is 1.43. The molecule has 176 valence electrons. The molecule has 1 heterocycles. The van der Waals surface area contributed by atoms with Crippen LogP contribution in [0, 0.1) is 5.82 Å². The SMILES string of the molecule is O=C(N[C@@H](Cc1ccccc1)C(=O)NCC1(c2cccc(F)c2)CCOCC1)c1ccccc1. The number of hydrogen-bond donors (Lipinski definition) is 2. The fourth-order valence-electron chi connectivity index (χ4n) is 4.42. The molecule has 1 fully saturated rings. The summed E-state index contributed by atoms with van der Waals surface area (Å²) in [5, 5.41) is 5.95. The Labute approximate surface area is 199 Å². The van der Waals surface area contributed by atoms with Crippen molar-refractivity contribution in [3.63, 3.8) is 0 Å². The van der Waals surface area contributed by atoms with E-state index in [0.717, 1.165) is 11.1 Å². The minimum Gasteiger partial charge on any atom is -0.381 e. The largest absolute Gasteiger partial charge is 0.381 e. The molecule has 0 saturated carbocycles. The fraction of sp³-hybridized carbons (Fsp3) is 0.286. The molecular formula is C28H29FN2O3. The van der Waals surface area contributed by atoms with Gasteiger partial charge in [-0.3, -0.25) is 9.59 Å². The van der Waals surface area contributed by atoms with Crippen LogP contribution >= 0.6 is 0 Å². The third kappa shape index (κ3) is 5.88. The zero-order valence-electron chi connectivity index (χ0n) is 19.0. The van der Waals surface area contributed by atoms with E-state index in [1.165, 1.54) is 12.1 Å². The van der Waals surface area contributed by atoms with Crippen molar-refractivity contribution in [2.75, 3.05) is 19.8 Å². The normalized spacial score (nSPS) is 15.8. The first-order valence-corrected chi connectivity index (χ1v) is 11.6. The molecule has 4 rings (SSSR count). The molecule has 0 aromatic heterocycles.